The van der Waals surface area contributed by atoms with E-state index in [0.29, 0.717) is 32.7 Å². The predicted molar refractivity (Wildman–Crippen MR) is 59.1 cm³/mol. The molecule has 2 saturated heterocycles. The van der Waals surface area contributed by atoms with Crippen LogP contribution in [-0.2, 0) is 14.2 Å². The third-order valence-electron chi connectivity index (χ3n) is 3.69. The second-order valence-electron chi connectivity index (χ2n) is 5.01. The summed E-state index contributed by atoms with van der Waals surface area (Å²) in [5.74, 6) is -0.591. The van der Waals surface area contributed by atoms with E-state index in [2.05, 4.69) is 6.92 Å². The molecule has 2 heterocycles. The van der Waals surface area contributed by atoms with Gasteiger partial charge in [-0.15, -0.1) is 0 Å². The first kappa shape index (κ1) is 12.3. The molecule has 0 aromatic carbocycles. The Morgan fingerprint density at radius 2 is 1.94 bits per heavy atom. The molecule has 4 nitrogen and oxygen atoms in total. The van der Waals surface area contributed by atoms with Crippen LogP contribution in [0, 0.1) is 0 Å². The summed E-state index contributed by atoms with van der Waals surface area (Å²) in [6, 6.07) is 0. The number of aliphatic hydroxyl groups excluding tert-OH is 1. The van der Waals surface area contributed by atoms with Gasteiger partial charge in [-0.1, -0.05) is 13.3 Å². The molecule has 2 rings (SSSR count). The SMILES string of the molecule is CCCC1(C)OCC2(CCC1O)OCCO2. The summed E-state index contributed by atoms with van der Waals surface area (Å²) in [5.41, 5.74) is -0.451. The van der Waals surface area contributed by atoms with Gasteiger partial charge >= 0.3 is 0 Å². The Bertz CT molecular complexity index is 237. The lowest BCUT2D eigenvalue weighted by atomic mass is 9.91. The molecule has 0 aliphatic carbocycles. The maximum atomic E-state index is 10.1. The average Bonchev–Trinajstić information content (AvgIpc) is 2.68. The highest BCUT2D eigenvalue weighted by atomic mass is 16.8. The lowest BCUT2D eigenvalue weighted by Crippen LogP contribution is -2.42. The summed E-state index contributed by atoms with van der Waals surface area (Å²) in [5, 5.41) is 10.1. The molecule has 0 aromatic rings. The number of rotatable bonds is 2. The molecule has 2 aliphatic heterocycles. The Morgan fingerprint density at radius 1 is 1.25 bits per heavy atom. The highest BCUT2D eigenvalue weighted by Crippen LogP contribution is 2.36. The molecule has 0 radical (unpaired) electrons. The second-order valence-corrected chi connectivity index (χ2v) is 5.01. The van der Waals surface area contributed by atoms with Gasteiger partial charge in [0, 0.05) is 6.42 Å². The Kier molecular flexibility index (Phi) is 3.54. The zero-order chi connectivity index (χ0) is 11.6. The van der Waals surface area contributed by atoms with Crippen molar-refractivity contribution in [1.82, 2.24) is 0 Å². The standard InChI is InChI=1S/C12H22O4/c1-3-5-11(2)10(13)4-6-12(9-16-11)14-7-8-15-12/h10,13H,3-9H2,1-2H3. The Balaban J connectivity index is 2.05. The third kappa shape index (κ3) is 2.25. The van der Waals surface area contributed by atoms with Gasteiger partial charge in [0.15, 0.2) is 5.79 Å². The molecule has 0 amide bonds. The average molecular weight is 230 g/mol. The largest absolute Gasteiger partial charge is 0.390 e. The number of hydrogen-bond acceptors (Lipinski definition) is 4. The first-order valence-electron chi connectivity index (χ1n) is 6.20. The number of aliphatic hydroxyl groups is 1. The summed E-state index contributed by atoms with van der Waals surface area (Å²) < 4.78 is 17.1. The minimum atomic E-state index is -0.591. The number of hydrogen-bond donors (Lipinski definition) is 1. The molecule has 1 spiro atoms. The summed E-state index contributed by atoms with van der Waals surface area (Å²) in [6.45, 7) is 5.77. The van der Waals surface area contributed by atoms with E-state index in [1.807, 2.05) is 6.92 Å². The fraction of sp³-hybridized carbons (Fsp3) is 1.00. The van der Waals surface area contributed by atoms with Gasteiger partial charge in [0.25, 0.3) is 0 Å². The summed E-state index contributed by atoms with van der Waals surface area (Å²) in [6.07, 6.45) is 2.83. The van der Waals surface area contributed by atoms with Crippen LogP contribution >= 0.6 is 0 Å². The molecule has 2 unspecified atom stereocenters. The Labute approximate surface area is 96.9 Å². The van der Waals surface area contributed by atoms with Crippen LogP contribution in [0.5, 0.6) is 0 Å². The summed E-state index contributed by atoms with van der Waals surface area (Å²) in [7, 11) is 0. The minimum absolute atomic E-state index is 0.431. The van der Waals surface area contributed by atoms with E-state index >= 15 is 0 Å². The van der Waals surface area contributed by atoms with Gasteiger partial charge in [0.2, 0.25) is 0 Å². The molecule has 2 fully saturated rings. The van der Waals surface area contributed by atoms with Crippen LogP contribution in [-0.4, -0.2) is 42.4 Å². The number of ether oxygens (including phenoxy) is 3. The van der Waals surface area contributed by atoms with Crippen molar-refractivity contribution in [3.63, 3.8) is 0 Å². The van der Waals surface area contributed by atoms with Crippen molar-refractivity contribution in [3.8, 4) is 0 Å². The molecule has 94 valence electrons. The quantitative estimate of drug-likeness (QED) is 0.780. The van der Waals surface area contributed by atoms with Gasteiger partial charge < -0.3 is 19.3 Å². The Morgan fingerprint density at radius 3 is 2.56 bits per heavy atom. The van der Waals surface area contributed by atoms with E-state index < -0.39 is 17.5 Å². The molecule has 0 saturated carbocycles. The van der Waals surface area contributed by atoms with Gasteiger partial charge in [0.1, 0.15) is 6.61 Å². The van der Waals surface area contributed by atoms with E-state index in [9.17, 15) is 5.11 Å². The molecule has 0 bridgehead atoms. The van der Waals surface area contributed by atoms with E-state index in [4.69, 9.17) is 14.2 Å². The van der Waals surface area contributed by atoms with Crippen molar-refractivity contribution in [2.45, 2.75) is 57.0 Å². The molecule has 4 heteroatoms. The monoisotopic (exact) mass is 230 g/mol. The first-order chi connectivity index (χ1) is 7.60. The normalized spacial score (nSPS) is 38.8. The van der Waals surface area contributed by atoms with Crippen LogP contribution < -0.4 is 0 Å². The van der Waals surface area contributed by atoms with E-state index in [-0.39, 0.29) is 0 Å². The fourth-order valence-electron chi connectivity index (χ4n) is 2.57. The van der Waals surface area contributed by atoms with Crippen LogP contribution in [0.4, 0.5) is 0 Å². The van der Waals surface area contributed by atoms with E-state index in [1.165, 1.54) is 0 Å². The molecule has 2 atom stereocenters. The van der Waals surface area contributed by atoms with E-state index in [1.54, 1.807) is 0 Å². The topological polar surface area (TPSA) is 47.9 Å². The van der Waals surface area contributed by atoms with Crippen LogP contribution in [0.2, 0.25) is 0 Å². The maximum Gasteiger partial charge on any atom is 0.192 e. The second kappa shape index (κ2) is 4.61. The summed E-state index contributed by atoms with van der Waals surface area (Å²) >= 11 is 0. The van der Waals surface area contributed by atoms with Crippen molar-refractivity contribution in [3.05, 3.63) is 0 Å². The molecule has 16 heavy (non-hydrogen) atoms. The zero-order valence-electron chi connectivity index (χ0n) is 10.2. The van der Waals surface area contributed by atoms with Crippen molar-refractivity contribution >= 4 is 0 Å². The zero-order valence-corrected chi connectivity index (χ0v) is 10.2. The van der Waals surface area contributed by atoms with Crippen LogP contribution in [0.25, 0.3) is 0 Å². The molecule has 0 aromatic heterocycles. The van der Waals surface area contributed by atoms with Gasteiger partial charge in [-0.25, -0.2) is 0 Å². The summed E-state index contributed by atoms with van der Waals surface area (Å²) in [4.78, 5) is 0. The van der Waals surface area contributed by atoms with Gasteiger partial charge in [0.05, 0.1) is 24.9 Å². The maximum absolute atomic E-state index is 10.1. The first-order valence-corrected chi connectivity index (χ1v) is 6.20. The van der Waals surface area contributed by atoms with Crippen molar-refractivity contribution in [2.75, 3.05) is 19.8 Å². The fourth-order valence-corrected chi connectivity index (χ4v) is 2.57. The highest BCUT2D eigenvalue weighted by Gasteiger charge is 2.45. The molecular formula is C12H22O4. The third-order valence-corrected chi connectivity index (χ3v) is 3.69. The van der Waals surface area contributed by atoms with Gasteiger partial charge in [-0.2, -0.15) is 0 Å². The van der Waals surface area contributed by atoms with E-state index in [0.717, 1.165) is 12.8 Å². The molecular weight excluding hydrogens is 208 g/mol. The minimum Gasteiger partial charge on any atom is -0.390 e. The molecule has 1 N–H and O–H groups in total. The van der Waals surface area contributed by atoms with Gasteiger partial charge in [-0.05, 0) is 19.8 Å². The van der Waals surface area contributed by atoms with Crippen molar-refractivity contribution in [2.24, 2.45) is 0 Å². The van der Waals surface area contributed by atoms with Crippen molar-refractivity contribution < 1.29 is 19.3 Å². The highest BCUT2D eigenvalue weighted by molar-refractivity contribution is 4.90. The lowest BCUT2D eigenvalue weighted by molar-refractivity contribution is -0.212. The smallest absolute Gasteiger partial charge is 0.192 e. The van der Waals surface area contributed by atoms with Crippen molar-refractivity contribution in [1.29, 1.82) is 0 Å². The van der Waals surface area contributed by atoms with Crippen LogP contribution in [0.1, 0.15) is 39.5 Å². The lowest BCUT2D eigenvalue weighted by Gasteiger charge is -2.33. The molecule has 2 aliphatic rings. The van der Waals surface area contributed by atoms with Crippen LogP contribution in [0.3, 0.4) is 0 Å². The van der Waals surface area contributed by atoms with Gasteiger partial charge in [-0.3, -0.25) is 0 Å². The predicted octanol–water partition coefficient (Wildman–Crippen LogP) is 1.46. The van der Waals surface area contributed by atoms with Crippen LogP contribution in [0.15, 0.2) is 0 Å². The Hall–Kier alpha value is -0.160.